The number of rotatable bonds is 9. The quantitative estimate of drug-likeness (QED) is 0.373. The van der Waals surface area contributed by atoms with Crippen molar-refractivity contribution in [2.75, 3.05) is 19.8 Å². The molecule has 0 atom stereocenters. The fourth-order valence-electron chi connectivity index (χ4n) is 1.15. The van der Waals surface area contributed by atoms with Crippen LogP contribution in [0.15, 0.2) is 0 Å². The molecule has 0 aliphatic heterocycles. The normalized spacial score (nSPS) is 10.9. The van der Waals surface area contributed by atoms with E-state index in [0.717, 1.165) is 13.0 Å². The average molecular weight is 272 g/mol. The van der Waals surface area contributed by atoms with E-state index in [-0.39, 0.29) is 6.61 Å². The zero-order chi connectivity index (χ0) is 13.6. The number of aliphatic hydroxyl groups excluding tert-OH is 1. The van der Waals surface area contributed by atoms with E-state index >= 15 is 0 Å². The van der Waals surface area contributed by atoms with Crippen LogP contribution in [0.4, 0.5) is 0 Å². The smallest absolute Gasteiger partial charge is 0.394 e. The first-order valence-corrected chi connectivity index (χ1v) is 7.45. The Morgan fingerprint density at radius 2 is 1.41 bits per heavy atom. The summed E-state index contributed by atoms with van der Waals surface area (Å²) in [5.41, 5.74) is 0. The summed E-state index contributed by atoms with van der Waals surface area (Å²) in [6, 6.07) is 0. The third-order valence-electron chi connectivity index (χ3n) is 1.88. The molecule has 0 aliphatic carbocycles. The lowest BCUT2D eigenvalue weighted by atomic mass is 10.1. The highest BCUT2D eigenvalue weighted by Crippen LogP contribution is 2.25. The van der Waals surface area contributed by atoms with E-state index in [1.54, 1.807) is 0 Å². The Balaban J connectivity index is 0. The van der Waals surface area contributed by atoms with Gasteiger partial charge in [0.2, 0.25) is 0 Å². The van der Waals surface area contributed by atoms with Gasteiger partial charge in [-0.25, -0.2) is 4.57 Å². The van der Waals surface area contributed by atoms with Crippen LogP contribution < -0.4 is 0 Å². The van der Waals surface area contributed by atoms with Crippen LogP contribution in [-0.4, -0.2) is 39.6 Å². The maximum atomic E-state index is 8.88. The van der Waals surface area contributed by atoms with Gasteiger partial charge in [-0.05, 0) is 6.42 Å². The second kappa shape index (κ2) is 14.1. The number of hydrogen-bond acceptors (Lipinski definition) is 3. The van der Waals surface area contributed by atoms with E-state index in [0.29, 0.717) is 6.61 Å². The minimum atomic E-state index is -4.64. The van der Waals surface area contributed by atoms with Gasteiger partial charge < -0.3 is 24.5 Å². The summed E-state index contributed by atoms with van der Waals surface area (Å²) in [6.45, 7) is 3.68. The van der Waals surface area contributed by atoms with Crippen molar-refractivity contribution in [3.63, 3.8) is 0 Å². The number of hydrogen-bond donors (Lipinski definition) is 4. The second-order valence-corrected chi connectivity index (χ2v) is 4.64. The monoisotopic (exact) mass is 272 g/mol. The van der Waals surface area contributed by atoms with E-state index in [9.17, 15) is 0 Å². The van der Waals surface area contributed by atoms with Gasteiger partial charge in [0.15, 0.2) is 0 Å². The van der Waals surface area contributed by atoms with Gasteiger partial charge in [-0.1, -0.05) is 39.0 Å². The molecule has 106 valence electrons. The van der Waals surface area contributed by atoms with Crippen molar-refractivity contribution in [3.05, 3.63) is 0 Å². The molecule has 0 fully saturated rings. The lowest BCUT2D eigenvalue weighted by Crippen LogP contribution is -2.00. The van der Waals surface area contributed by atoms with Crippen LogP contribution in [0.2, 0.25) is 0 Å². The Labute approximate surface area is 103 Å². The molecule has 7 heteroatoms. The van der Waals surface area contributed by atoms with Gasteiger partial charge in [0, 0.05) is 6.61 Å². The summed E-state index contributed by atoms with van der Waals surface area (Å²) in [4.78, 5) is 21.6. The molecule has 0 bridgehead atoms. The van der Waals surface area contributed by atoms with Gasteiger partial charge in [0.05, 0.1) is 13.2 Å². The maximum Gasteiger partial charge on any atom is 0.466 e. The van der Waals surface area contributed by atoms with E-state index in [4.69, 9.17) is 29.1 Å². The topological polar surface area (TPSA) is 107 Å². The molecule has 0 aromatic heterocycles. The van der Waals surface area contributed by atoms with Crippen LogP contribution in [0.3, 0.4) is 0 Å². The summed E-state index contributed by atoms with van der Waals surface area (Å²) in [6.07, 6.45) is 7.76. The van der Waals surface area contributed by atoms with Crippen LogP contribution in [0, 0.1) is 0 Å². The van der Waals surface area contributed by atoms with Gasteiger partial charge in [-0.2, -0.15) is 0 Å². The molecule has 0 radical (unpaired) electrons. The zero-order valence-electron chi connectivity index (χ0n) is 10.4. The van der Waals surface area contributed by atoms with Crippen molar-refractivity contribution in [1.82, 2.24) is 0 Å². The van der Waals surface area contributed by atoms with Gasteiger partial charge in [-0.3, -0.25) is 0 Å². The van der Waals surface area contributed by atoms with Crippen LogP contribution in [0.5, 0.6) is 0 Å². The molecule has 0 aliphatic rings. The third-order valence-corrected chi connectivity index (χ3v) is 1.88. The average Bonchev–Trinajstić information content (AvgIpc) is 2.20. The lowest BCUT2D eigenvalue weighted by Gasteiger charge is -2.01. The third kappa shape index (κ3) is 38.7. The van der Waals surface area contributed by atoms with Gasteiger partial charge in [0.1, 0.15) is 0 Å². The molecule has 6 nitrogen and oxygen atoms in total. The second-order valence-electron chi connectivity index (χ2n) is 3.62. The zero-order valence-corrected chi connectivity index (χ0v) is 11.3. The molecular weight excluding hydrogens is 247 g/mol. The number of phosphoric acid groups is 1. The molecule has 17 heavy (non-hydrogen) atoms. The van der Waals surface area contributed by atoms with Crippen LogP contribution in [-0.2, 0) is 9.30 Å². The number of ether oxygens (including phenoxy) is 1. The molecular formula is C10H25O6P. The highest BCUT2D eigenvalue weighted by molar-refractivity contribution is 7.45. The summed E-state index contributed by atoms with van der Waals surface area (Å²) < 4.78 is 14.0. The summed E-state index contributed by atoms with van der Waals surface area (Å²) >= 11 is 0. The fourth-order valence-corrected chi connectivity index (χ4v) is 1.15. The van der Waals surface area contributed by atoms with Crippen LogP contribution in [0.1, 0.15) is 45.4 Å². The molecule has 0 heterocycles. The van der Waals surface area contributed by atoms with Crippen LogP contribution in [0.25, 0.3) is 0 Å². The van der Waals surface area contributed by atoms with Gasteiger partial charge >= 0.3 is 7.82 Å². The highest BCUT2D eigenvalue weighted by atomic mass is 31.2. The molecule has 0 spiro atoms. The first-order valence-electron chi connectivity index (χ1n) is 5.88. The SMILES string of the molecule is CCCCCCCCOCCO.O=P(O)(O)O. The molecule has 0 aromatic rings. The first-order chi connectivity index (χ1) is 7.91. The molecule has 0 aromatic carbocycles. The standard InChI is InChI=1S/C10H22O2.H3O4P/c1-2-3-4-5-6-7-9-12-10-8-11;1-5(2,3)4/h11H,2-10H2,1H3;(H3,1,2,3,4). The van der Waals surface area contributed by atoms with Crippen molar-refractivity contribution in [1.29, 1.82) is 0 Å². The van der Waals surface area contributed by atoms with Crippen molar-refractivity contribution in [2.24, 2.45) is 0 Å². The van der Waals surface area contributed by atoms with Crippen molar-refractivity contribution in [3.8, 4) is 0 Å². The molecule has 0 rings (SSSR count). The Hall–Kier alpha value is 0.0300. The van der Waals surface area contributed by atoms with E-state index in [2.05, 4.69) is 6.92 Å². The number of unbranched alkanes of at least 4 members (excludes halogenated alkanes) is 5. The Morgan fingerprint density at radius 3 is 1.88 bits per heavy atom. The predicted octanol–water partition coefficient (Wildman–Crippen LogP) is 1.43. The van der Waals surface area contributed by atoms with Gasteiger partial charge in [-0.15, -0.1) is 0 Å². The minimum absolute atomic E-state index is 0.149. The Kier molecular flexibility index (Phi) is 16.1. The Morgan fingerprint density at radius 1 is 0.941 bits per heavy atom. The van der Waals surface area contributed by atoms with Crippen LogP contribution >= 0.6 is 7.82 Å². The molecule has 0 unspecified atom stereocenters. The largest absolute Gasteiger partial charge is 0.466 e. The predicted molar refractivity (Wildman–Crippen MR) is 65.5 cm³/mol. The fraction of sp³-hybridized carbons (Fsp3) is 1.00. The summed E-state index contributed by atoms with van der Waals surface area (Å²) in [5, 5.41) is 8.41. The molecule has 4 N–H and O–H groups in total. The lowest BCUT2D eigenvalue weighted by molar-refractivity contribution is 0.0895. The Bertz CT molecular complexity index is 163. The molecule has 0 saturated carbocycles. The minimum Gasteiger partial charge on any atom is -0.394 e. The number of aliphatic hydroxyl groups is 1. The van der Waals surface area contributed by atoms with E-state index in [1.807, 2.05) is 0 Å². The van der Waals surface area contributed by atoms with Crippen molar-refractivity contribution >= 4 is 7.82 Å². The maximum absolute atomic E-state index is 8.88. The highest BCUT2D eigenvalue weighted by Gasteiger charge is 2.00. The van der Waals surface area contributed by atoms with Crippen molar-refractivity contribution in [2.45, 2.75) is 45.4 Å². The van der Waals surface area contributed by atoms with Crippen molar-refractivity contribution < 1.29 is 29.1 Å². The molecule has 0 amide bonds. The summed E-state index contributed by atoms with van der Waals surface area (Å²) in [7, 11) is -4.64. The first kappa shape index (κ1) is 19.4. The van der Waals surface area contributed by atoms with Gasteiger partial charge in [0.25, 0.3) is 0 Å². The summed E-state index contributed by atoms with van der Waals surface area (Å²) in [5.74, 6) is 0. The van der Waals surface area contributed by atoms with E-state index < -0.39 is 7.82 Å². The van der Waals surface area contributed by atoms with E-state index in [1.165, 1.54) is 32.1 Å². The molecule has 0 saturated heterocycles.